The van der Waals surface area contributed by atoms with Crippen molar-refractivity contribution < 1.29 is 9.53 Å². The van der Waals surface area contributed by atoms with Crippen LogP contribution in [0.1, 0.15) is 55.5 Å². The minimum atomic E-state index is 0.0504. The zero-order valence-electron chi connectivity index (χ0n) is 12.1. The topological polar surface area (TPSA) is 26.3 Å². The third-order valence-corrected chi connectivity index (χ3v) is 3.08. The van der Waals surface area contributed by atoms with E-state index in [0.29, 0.717) is 12.2 Å². The van der Waals surface area contributed by atoms with Gasteiger partial charge in [0.2, 0.25) is 0 Å². The average molecular weight is 260 g/mol. The van der Waals surface area contributed by atoms with Crippen molar-refractivity contribution in [2.45, 2.75) is 46.0 Å². The Morgan fingerprint density at radius 1 is 1.32 bits per heavy atom. The van der Waals surface area contributed by atoms with Gasteiger partial charge >= 0.3 is 0 Å². The van der Waals surface area contributed by atoms with Gasteiger partial charge < -0.3 is 4.74 Å². The van der Waals surface area contributed by atoms with Gasteiger partial charge in [0.25, 0.3) is 0 Å². The number of unbranched alkanes of at least 4 members (excludes halogenated alkanes) is 3. The van der Waals surface area contributed by atoms with Crippen molar-refractivity contribution in [2.75, 3.05) is 6.61 Å². The standard InChI is InChI=1S/C17H24O2/c1-4-6-7-8-13-19-17-15(10-5-2)11-9-12-16(17)14(3)18/h5,9,11-12H,2,4,6-8,10,13H2,1,3H3. The van der Waals surface area contributed by atoms with Gasteiger partial charge in [-0.2, -0.15) is 0 Å². The zero-order valence-corrected chi connectivity index (χ0v) is 12.1. The van der Waals surface area contributed by atoms with Crippen LogP contribution in [0.25, 0.3) is 0 Å². The SMILES string of the molecule is C=CCc1cccc(C(C)=O)c1OCCCCCC. The number of carbonyl (C=O) groups excluding carboxylic acids is 1. The number of rotatable bonds is 9. The minimum absolute atomic E-state index is 0.0504. The molecule has 0 bridgehead atoms. The fourth-order valence-electron chi connectivity index (χ4n) is 2.05. The van der Waals surface area contributed by atoms with Gasteiger partial charge in [-0.1, -0.05) is 44.4 Å². The first kappa shape index (κ1) is 15.5. The summed E-state index contributed by atoms with van der Waals surface area (Å²) in [6.07, 6.45) is 7.22. The Morgan fingerprint density at radius 2 is 2.11 bits per heavy atom. The molecule has 0 heterocycles. The van der Waals surface area contributed by atoms with Gasteiger partial charge in [0.05, 0.1) is 12.2 Å². The maximum Gasteiger partial charge on any atom is 0.163 e. The van der Waals surface area contributed by atoms with Crippen LogP contribution in [0.5, 0.6) is 5.75 Å². The molecular formula is C17H24O2. The fraction of sp³-hybridized carbons (Fsp3) is 0.471. The molecule has 1 aromatic rings. The molecule has 1 rings (SSSR count). The summed E-state index contributed by atoms with van der Waals surface area (Å²) in [6.45, 7) is 8.20. The van der Waals surface area contributed by atoms with E-state index in [1.807, 2.05) is 24.3 Å². The number of hydrogen-bond donors (Lipinski definition) is 0. The van der Waals surface area contributed by atoms with Gasteiger partial charge in [-0.05, 0) is 31.4 Å². The molecule has 0 aromatic heterocycles. The average Bonchev–Trinajstić information content (AvgIpc) is 2.40. The number of para-hydroxylation sites is 1. The lowest BCUT2D eigenvalue weighted by Crippen LogP contribution is -2.05. The summed E-state index contributed by atoms with van der Waals surface area (Å²) < 4.78 is 5.86. The van der Waals surface area contributed by atoms with Gasteiger partial charge in [-0.3, -0.25) is 4.79 Å². The van der Waals surface area contributed by atoms with Crippen molar-refractivity contribution in [2.24, 2.45) is 0 Å². The number of allylic oxidation sites excluding steroid dienone is 1. The molecule has 0 aliphatic carbocycles. The third-order valence-electron chi connectivity index (χ3n) is 3.08. The van der Waals surface area contributed by atoms with Gasteiger partial charge in [0.1, 0.15) is 5.75 Å². The summed E-state index contributed by atoms with van der Waals surface area (Å²) in [5.74, 6) is 0.792. The van der Waals surface area contributed by atoms with E-state index in [0.717, 1.165) is 24.2 Å². The normalized spacial score (nSPS) is 10.2. The number of ether oxygens (including phenoxy) is 1. The molecule has 2 heteroatoms. The van der Waals surface area contributed by atoms with Crippen LogP contribution < -0.4 is 4.74 Å². The van der Waals surface area contributed by atoms with E-state index in [9.17, 15) is 4.79 Å². The monoisotopic (exact) mass is 260 g/mol. The molecule has 19 heavy (non-hydrogen) atoms. The largest absolute Gasteiger partial charge is 0.493 e. The second-order valence-electron chi connectivity index (χ2n) is 4.75. The lowest BCUT2D eigenvalue weighted by atomic mass is 10.0. The Kier molecular flexibility index (Phi) is 6.94. The van der Waals surface area contributed by atoms with Crippen molar-refractivity contribution in [3.8, 4) is 5.75 Å². The number of hydrogen-bond acceptors (Lipinski definition) is 2. The fourth-order valence-corrected chi connectivity index (χ4v) is 2.05. The molecular weight excluding hydrogens is 236 g/mol. The summed E-state index contributed by atoms with van der Waals surface area (Å²) in [5.41, 5.74) is 1.72. The summed E-state index contributed by atoms with van der Waals surface area (Å²) in [7, 11) is 0. The molecule has 0 saturated heterocycles. The third kappa shape index (κ3) is 4.90. The van der Waals surface area contributed by atoms with E-state index in [4.69, 9.17) is 4.74 Å². The van der Waals surface area contributed by atoms with Crippen LogP contribution in [0.3, 0.4) is 0 Å². The van der Waals surface area contributed by atoms with Crippen LogP contribution in [-0.2, 0) is 6.42 Å². The van der Waals surface area contributed by atoms with E-state index >= 15 is 0 Å². The second-order valence-corrected chi connectivity index (χ2v) is 4.75. The highest BCUT2D eigenvalue weighted by Crippen LogP contribution is 2.25. The molecule has 0 fully saturated rings. The second kappa shape index (κ2) is 8.52. The molecule has 0 amide bonds. The van der Waals surface area contributed by atoms with Gasteiger partial charge in [-0.15, -0.1) is 6.58 Å². The Hall–Kier alpha value is -1.57. The molecule has 0 atom stereocenters. The molecule has 0 N–H and O–H groups in total. The van der Waals surface area contributed by atoms with Crippen LogP contribution in [0.15, 0.2) is 30.9 Å². The van der Waals surface area contributed by atoms with Crippen LogP contribution in [0, 0.1) is 0 Å². The number of carbonyl (C=O) groups is 1. The van der Waals surface area contributed by atoms with Gasteiger partial charge in [-0.25, -0.2) is 0 Å². The zero-order chi connectivity index (χ0) is 14.1. The predicted molar refractivity (Wildman–Crippen MR) is 80.0 cm³/mol. The number of Topliss-reactive ketones (excluding diaryl/α,β-unsaturated/α-hetero) is 1. The molecule has 0 aliphatic rings. The van der Waals surface area contributed by atoms with E-state index in [1.165, 1.54) is 19.3 Å². The first-order valence-corrected chi connectivity index (χ1v) is 7.07. The van der Waals surface area contributed by atoms with E-state index in [-0.39, 0.29) is 5.78 Å². The van der Waals surface area contributed by atoms with Crippen molar-refractivity contribution in [1.82, 2.24) is 0 Å². The smallest absolute Gasteiger partial charge is 0.163 e. The Morgan fingerprint density at radius 3 is 2.74 bits per heavy atom. The highest BCUT2D eigenvalue weighted by atomic mass is 16.5. The lowest BCUT2D eigenvalue weighted by Gasteiger charge is -2.14. The van der Waals surface area contributed by atoms with E-state index < -0.39 is 0 Å². The molecule has 104 valence electrons. The van der Waals surface area contributed by atoms with E-state index in [2.05, 4.69) is 13.5 Å². The summed E-state index contributed by atoms with van der Waals surface area (Å²) in [6, 6.07) is 5.73. The highest BCUT2D eigenvalue weighted by Gasteiger charge is 2.12. The maximum absolute atomic E-state index is 11.7. The molecule has 0 radical (unpaired) electrons. The first-order valence-electron chi connectivity index (χ1n) is 7.07. The number of ketones is 1. The van der Waals surface area contributed by atoms with Crippen LogP contribution >= 0.6 is 0 Å². The van der Waals surface area contributed by atoms with Gasteiger partial charge in [0.15, 0.2) is 5.78 Å². The van der Waals surface area contributed by atoms with Crippen molar-refractivity contribution >= 4 is 5.78 Å². The maximum atomic E-state index is 11.7. The lowest BCUT2D eigenvalue weighted by molar-refractivity contribution is 0.101. The Labute approximate surface area is 116 Å². The van der Waals surface area contributed by atoms with Crippen molar-refractivity contribution in [1.29, 1.82) is 0 Å². The van der Waals surface area contributed by atoms with Crippen LogP contribution in [0.2, 0.25) is 0 Å². The van der Waals surface area contributed by atoms with E-state index in [1.54, 1.807) is 6.92 Å². The van der Waals surface area contributed by atoms with Crippen molar-refractivity contribution in [3.63, 3.8) is 0 Å². The predicted octanol–water partition coefficient (Wildman–Crippen LogP) is 4.58. The molecule has 0 unspecified atom stereocenters. The molecule has 0 saturated carbocycles. The summed E-state index contributed by atoms with van der Waals surface area (Å²) in [5, 5.41) is 0. The van der Waals surface area contributed by atoms with Crippen LogP contribution in [-0.4, -0.2) is 12.4 Å². The Balaban J connectivity index is 2.76. The molecule has 2 nitrogen and oxygen atoms in total. The summed E-state index contributed by atoms with van der Waals surface area (Å²) >= 11 is 0. The highest BCUT2D eigenvalue weighted by molar-refractivity contribution is 5.97. The van der Waals surface area contributed by atoms with Crippen LogP contribution in [0.4, 0.5) is 0 Å². The minimum Gasteiger partial charge on any atom is -0.493 e. The summed E-state index contributed by atoms with van der Waals surface area (Å²) in [4.78, 5) is 11.7. The molecule has 1 aromatic carbocycles. The van der Waals surface area contributed by atoms with Crippen molar-refractivity contribution in [3.05, 3.63) is 42.0 Å². The molecule has 0 spiro atoms. The first-order chi connectivity index (χ1) is 9.20. The Bertz CT molecular complexity index is 421. The number of benzene rings is 1. The molecule has 0 aliphatic heterocycles. The quantitative estimate of drug-likeness (QED) is 0.369. The van der Waals surface area contributed by atoms with Gasteiger partial charge in [0, 0.05) is 0 Å².